The predicted octanol–water partition coefficient (Wildman–Crippen LogP) is 6.13. The summed E-state index contributed by atoms with van der Waals surface area (Å²) in [6.07, 6.45) is 15.8. The maximum absolute atomic E-state index is 5.56. The molecule has 0 aromatic carbocycles. The van der Waals surface area contributed by atoms with E-state index in [4.69, 9.17) is 4.74 Å². The number of rotatable bonds is 9. The van der Waals surface area contributed by atoms with Crippen molar-refractivity contribution in [2.75, 3.05) is 6.61 Å². The van der Waals surface area contributed by atoms with Crippen molar-refractivity contribution < 1.29 is 4.74 Å². The maximum Gasteiger partial charge on any atom is 0.0876 e. The van der Waals surface area contributed by atoms with Crippen molar-refractivity contribution >= 4 is 0 Å². The smallest absolute Gasteiger partial charge is 0.0876 e. The van der Waals surface area contributed by atoms with Crippen LogP contribution in [0, 0.1) is 11.8 Å². The largest absolute Gasteiger partial charge is 0.501 e. The van der Waals surface area contributed by atoms with E-state index >= 15 is 0 Å². The lowest BCUT2D eigenvalue weighted by atomic mass is 10.1. The van der Waals surface area contributed by atoms with Crippen LogP contribution in [0.2, 0.25) is 0 Å². The quantitative estimate of drug-likeness (QED) is 0.164. The molecule has 22 heavy (non-hydrogen) atoms. The lowest BCUT2D eigenvalue weighted by Crippen LogP contribution is -1.90. The van der Waals surface area contributed by atoms with Gasteiger partial charge < -0.3 is 4.74 Å². The first kappa shape index (κ1) is 20.1. The lowest BCUT2D eigenvalue weighted by Gasteiger charge is -2.03. The van der Waals surface area contributed by atoms with E-state index in [1.165, 1.54) is 11.1 Å². The van der Waals surface area contributed by atoms with Gasteiger partial charge in [-0.15, -0.1) is 0 Å². The predicted molar refractivity (Wildman–Crippen MR) is 98.5 cm³/mol. The van der Waals surface area contributed by atoms with E-state index in [1.54, 1.807) is 0 Å². The second-order valence-corrected chi connectivity index (χ2v) is 5.27. The van der Waals surface area contributed by atoms with Gasteiger partial charge in [0, 0.05) is 6.42 Å². The molecule has 0 saturated heterocycles. The number of hydrogen-bond donors (Lipinski definition) is 0. The molecule has 0 aliphatic carbocycles. The summed E-state index contributed by atoms with van der Waals surface area (Å²) in [6.45, 7) is 13.0. The molecule has 0 bridgehead atoms. The third-order valence-corrected chi connectivity index (χ3v) is 2.89. The van der Waals surface area contributed by atoms with Crippen molar-refractivity contribution in [1.29, 1.82) is 0 Å². The third kappa shape index (κ3) is 13.1. The number of hydrogen-bond acceptors (Lipinski definition) is 1. The van der Waals surface area contributed by atoms with Crippen LogP contribution in [-0.4, -0.2) is 6.61 Å². The molecular formula is C21H30O. The lowest BCUT2D eigenvalue weighted by molar-refractivity contribution is 0.243. The third-order valence-electron chi connectivity index (χ3n) is 2.89. The number of ether oxygens (including phenoxy) is 1. The van der Waals surface area contributed by atoms with Gasteiger partial charge in [-0.2, -0.15) is 0 Å². The van der Waals surface area contributed by atoms with Gasteiger partial charge in [-0.05, 0) is 51.7 Å². The van der Waals surface area contributed by atoms with Crippen LogP contribution in [0.15, 0.2) is 59.9 Å². The van der Waals surface area contributed by atoms with Gasteiger partial charge in [0.25, 0.3) is 0 Å². The first-order valence-corrected chi connectivity index (χ1v) is 7.99. The standard InChI is InChI=1S/C21H30O/c1-6-8-9-10-13-20(4)14-11-17-22-18-21(5)16-15-19(3)12-7-2/h6,8,12,15-16,18H,4,7,11,13-14,17H2,1-3,5H3/b8-6-,16-15-,19-12-,21-18+. The Bertz CT molecular complexity index is 490. The molecule has 0 aliphatic heterocycles. The van der Waals surface area contributed by atoms with Crippen molar-refractivity contribution in [2.45, 2.75) is 53.4 Å². The molecule has 1 nitrogen and oxygen atoms in total. The summed E-state index contributed by atoms with van der Waals surface area (Å²) < 4.78 is 5.56. The van der Waals surface area contributed by atoms with E-state index in [1.807, 2.05) is 32.3 Å². The molecule has 0 radical (unpaired) electrons. The van der Waals surface area contributed by atoms with Crippen molar-refractivity contribution in [3.8, 4) is 11.8 Å². The van der Waals surface area contributed by atoms with Gasteiger partial charge in [-0.25, -0.2) is 0 Å². The molecule has 0 amide bonds. The zero-order chi connectivity index (χ0) is 16.6. The summed E-state index contributed by atoms with van der Waals surface area (Å²) >= 11 is 0. The van der Waals surface area contributed by atoms with E-state index in [0.29, 0.717) is 0 Å². The fourth-order valence-electron chi connectivity index (χ4n) is 1.69. The Kier molecular flexibility index (Phi) is 12.8. The van der Waals surface area contributed by atoms with Crippen LogP contribution in [0.1, 0.15) is 53.4 Å². The van der Waals surface area contributed by atoms with Crippen LogP contribution in [0.5, 0.6) is 0 Å². The highest BCUT2D eigenvalue weighted by Crippen LogP contribution is 2.07. The Morgan fingerprint density at radius 1 is 1.18 bits per heavy atom. The highest BCUT2D eigenvalue weighted by atomic mass is 16.5. The minimum atomic E-state index is 0.719. The van der Waals surface area contributed by atoms with Gasteiger partial charge in [-0.1, -0.05) is 60.8 Å². The van der Waals surface area contributed by atoms with E-state index in [9.17, 15) is 0 Å². The van der Waals surface area contributed by atoms with E-state index in [2.05, 4.69) is 50.5 Å². The van der Waals surface area contributed by atoms with Crippen LogP contribution >= 0.6 is 0 Å². The molecule has 0 rings (SSSR count). The second-order valence-electron chi connectivity index (χ2n) is 5.27. The zero-order valence-electron chi connectivity index (χ0n) is 14.6. The van der Waals surface area contributed by atoms with Gasteiger partial charge in [0.05, 0.1) is 12.9 Å². The fraction of sp³-hybridized carbons (Fsp3) is 0.429. The molecule has 120 valence electrons. The minimum absolute atomic E-state index is 0.719. The van der Waals surface area contributed by atoms with Crippen LogP contribution in [-0.2, 0) is 4.74 Å². The van der Waals surface area contributed by atoms with Crippen molar-refractivity contribution in [2.24, 2.45) is 0 Å². The molecule has 0 aromatic rings. The Morgan fingerprint density at radius 2 is 1.91 bits per heavy atom. The molecule has 0 spiro atoms. The average Bonchev–Trinajstić information content (AvgIpc) is 2.49. The molecule has 0 aromatic heterocycles. The first-order valence-electron chi connectivity index (χ1n) is 7.99. The first-order chi connectivity index (χ1) is 10.6. The summed E-state index contributed by atoms with van der Waals surface area (Å²) in [5.74, 6) is 6.05. The monoisotopic (exact) mass is 298 g/mol. The molecule has 1 heteroatoms. The van der Waals surface area contributed by atoms with E-state index in [0.717, 1.165) is 37.9 Å². The van der Waals surface area contributed by atoms with Crippen molar-refractivity contribution in [3.63, 3.8) is 0 Å². The van der Waals surface area contributed by atoms with Crippen LogP contribution in [0.4, 0.5) is 0 Å². The highest BCUT2D eigenvalue weighted by Gasteiger charge is 1.93. The SMILES string of the molecule is C=C(CC#C/C=C\C)CCCO/C=C(C)/C=C\C(C)=C/CC. The van der Waals surface area contributed by atoms with E-state index in [-0.39, 0.29) is 0 Å². The van der Waals surface area contributed by atoms with Crippen LogP contribution < -0.4 is 0 Å². The number of allylic oxidation sites excluding steroid dienone is 8. The van der Waals surface area contributed by atoms with Crippen molar-refractivity contribution in [1.82, 2.24) is 0 Å². The Labute approximate surface area is 137 Å². The summed E-state index contributed by atoms with van der Waals surface area (Å²) in [7, 11) is 0. The molecule has 0 atom stereocenters. The summed E-state index contributed by atoms with van der Waals surface area (Å²) in [4.78, 5) is 0. The molecule has 0 saturated carbocycles. The Balaban J connectivity index is 3.88. The highest BCUT2D eigenvalue weighted by molar-refractivity contribution is 5.24. The summed E-state index contributed by atoms with van der Waals surface area (Å²) in [6, 6.07) is 0. The Hall–Kier alpha value is -1.94. The second kappa shape index (κ2) is 14.0. The zero-order valence-corrected chi connectivity index (χ0v) is 14.6. The normalized spacial score (nSPS) is 12.5. The van der Waals surface area contributed by atoms with Gasteiger partial charge in [0.2, 0.25) is 0 Å². The van der Waals surface area contributed by atoms with E-state index < -0.39 is 0 Å². The Morgan fingerprint density at radius 3 is 2.59 bits per heavy atom. The van der Waals surface area contributed by atoms with Gasteiger partial charge >= 0.3 is 0 Å². The van der Waals surface area contributed by atoms with Crippen LogP contribution in [0.25, 0.3) is 0 Å². The summed E-state index contributed by atoms with van der Waals surface area (Å²) in [5.41, 5.74) is 3.58. The van der Waals surface area contributed by atoms with Gasteiger partial charge in [0.15, 0.2) is 0 Å². The molecule has 0 fully saturated rings. The molecular weight excluding hydrogens is 268 g/mol. The topological polar surface area (TPSA) is 9.23 Å². The molecule has 0 heterocycles. The molecule has 0 unspecified atom stereocenters. The summed E-state index contributed by atoms with van der Waals surface area (Å²) in [5, 5.41) is 0. The van der Waals surface area contributed by atoms with Crippen molar-refractivity contribution in [3.05, 3.63) is 59.9 Å². The van der Waals surface area contributed by atoms with Crippen LogP contribution in [0.3, 0.4) is 0 Å². The van der Waals surface area contributed by atoms with Gasteiger partial charge in [0.1, 0.15) is 0 Å². The average molecular weight is 298 g/mol. The fourth-order valence-corrected chi connectivity index (χ4v) is 1.69. The maximum atomic E-state index is 5.56. The molecule has 0 aliphatic rings. The molecule has 0 N–H and O–H groups in total. The van der Waals surface area contributed by atoms with Gasteiger partial charge in [-0.3, -0.25) is 0 Å². The minimum Gasteiger partial charge on any atom is -0.501 e.